The van der Waals surface area contributed by atoms with Crippen LogP contribution in [0.25, 0.3) is 0 Å². The van der Waals surface area contributed by atoms with Crippen molar-refractivity contribution in [2.75, 3.05) is 13.1 Å². The molecule has 0 bridgehead atoms. The van der Waals surface area contributed by atoms with Crippen LogP contribution in [0.5, 0.6) is 0 Å². The van der Waals surface area contributed by atoms with Crippen LogP contribution in [0.15, 0.2) is 18.3 Å². The lowest BCUT2D eigenvalue weighted by atomic mass is 10.2. The Bertz CT molecular complexity index is 445. The van der Waals surface area contributed by atoms with Gasteiger partial charge in [0.2, 0.25) is 0 Å². The molecule has 1 atom stereocenters. The van der Waals surface area contributed by atoms with Gasteiger partial charge in [-0.3, -0.25) is 9.78 Å². The molecule has 4 nitrogen and oxygen atoms in total. The number of hydrogen-bond donors (Lipinski definition) is 1. The van der Waals surface area contributed by atoms with E-state index in [0.29, 0.717) is 19.2 Å². The summed E-state index contributed by atoms with van der Waals surface area (Å²) in [6.07, 6.45) is -3.91. The summed E-state index contributed by atoms with van der Waals surface area (Å²) in [4.78, 5) is 16.7. The zero-order valence-electron chi connectivity index (χ0n) is 9.31. The molecule has 1 aliphatic heterocycles. The van der Waals surface area contributed by atoms with Crippen molar-refractivity contribution >= 4 is 5.91 Å². The third kappa shape index (κ3) is 2.61. The minimum Gasteiger partial charge on any atom is -0.391 e. The van der Waals surface area contributed by atoms with E-state index in [9.17, 15) is 23.1 Å². The Hall–Kier alpha value is -1.63. The number of aromatic nitrogens is 1. The first-order valence-electron chi connectivity index (χ1n) is 5.38. The highest BCUT2D eigenvalue weighted by Gasteiger charge is 2.31. The Balaban J connectivity index is 2.12. The number of hydrogen-bond acceptors (Lipinski definition) is 3. The predicted molar refractivity (Wildman–Crippen MR) is 55.8 cm³/mol. The van der Waals surface area contributed by atoms with Gasteiger partial charge in [0.05, 0.1) is 11.7 Å². The van der Waals surface area contributed by atoms with E-state index in [1.807, 2.05) is 0 Å². The van der Waals surface area contributed by atoms with Gasteiger partial charge < -0.3 is 10.0 Å². The predicted octanol–water partition coefficient (Wildman–Crippen LogP) is 1.31. The summed E-state index contributed by atoms with van der Waals surface area (Å²) >= 11 is 0. The van der Waals surface area contributed by atoms with E-state index in [1.54, 1.807) is 0 Å². The molecule has 2 rings (SSSR count). The number of likely N-dealkylation sites (tertiary alicyclic amines) is 1. The van der Waals surface area contributed by atoms with Gasteiger partial charge in [0.15, 0.2) is 0 Å². The molecule has 0 spiro atoms. The van der Waals surface area contributed by atoms with Crippen molar-refractivity contribution in [3.63, 3.8) is 0 Å². The van der Waals surface area contributed by atoms with Crippen molar-refractivity contribution in [2.45, 2.75) is 18.7 Å². The standard InChI is InChI=1S/C11H11F3N2O2/c12-11(13,14)7-1-2-9(15-5-7)10(18)16-4-3-8(17)6-16/h1-2,5,8,17H,3-4,6H2. The maximum absolute atomic E-state index is 12.3. The molecule has 2 heterocycles. The number of pyridine rings is 1. The first-order chi connectivity index (χ1) is 8.38. The van der Waals surface area contributed by atoms with E-state index in [2.05, 4.69) is 4.98 Å². The Labute approximate surface area is 101 Å². The Kier molecular flexibility index (Phi) is 3.25. The molecule has 1 aliphatic rings. The van der Waals surface area contributed by atoms with Crippen LogP contribution in [-0.4, -0.2) is 40.1 Å². The first-order valence-corrected chi connectivity index (χ1v) is 5.38. The van der Waals surface area contributed by atoms with Gasteiger partial charge in [-0.15, -0.1) is 0 Å². The quantitative estimate of drug-likeness (QED) is 0.828. The minimum absolute atomic E-state index is 0.0444. The van der Waals surface area contributed by atoms with E-state index < -0.39 is 23.8 Å². The fraction of sp³-hybridized carbons (Fsp3) is 0.455. The summed E-state index contributed by atoms with van der Waals surface area (Å²) in [7, 11) is 0. The second-order valence-corrected chi connectivity index (χ2v) is 4.12. The maximum atomic E-state index is 12.3. The topological polar surface area (TPSA) is 53.4 Å². The van der Waals surface area contributed by atoms with Crippen LogP contribution in [0.1, 0.15) is 22.5 Å². The van der Waals surface area contributed by atoms with Gasteiger partial charge in [0, 0.05) is 19.3 Å². The molecule has 0 aliphatic carbocycles. The zero-order chi connectivity index (χ0) is 13.3. The van der Waals surface area contributed by atoms with Gasteiger partial charge in [-0.25, -0.2) is 0 Å². The van der Waals surface area contributed by atoms with Crippen LogP contribution in [-0.2, 0) is 6.18 Å². The Morgan fingerprint density at radius 3 is 2.61 bits per heavy atom. The number of alkyl halides is 3. The molecule has 0 saturated carbocycles. The summed E-state index contributed by atoms with van der Waals surface area (Å²) in [5.41, 5.74) is -0.933. The lowest BCUT2D eigenvalue weighted by molar-refractivity contribution is -0.137. The van der Waals surface area contributed by atoms with Gasteiger partial charge in [0.1, 0.15) is 5.69 Å². The molecular weight excluding hydrogens is 249 g/mol. The van der Waals surface area contributed by atoms with E-state index in [-0.39, 0.29) is 12.2 Å². The van der Waals surface area contributed by atoms with Crippen LogP contribution < -0.4 is 0 Å². The van der Waals surface area contributed by atoms with Crippen LogP contribution in [0.2, 0.25) is 0 Å². The maximum Gasteiger partial charge on any atom is 0.417 e. The largest absolute Gasteiger partial charge is 0.417 e. The summed E-state index contributed by atoms with van der Waals surface area (Å²) in [5.74, 6) is -0.458. The number of aliphatic hydroxyl groups is 1. The van der Waals surface area contributed by atoms with E-state index in [1.165, 1.54) is 4.90 Å². The lowest BCUT2D eigenvalue weighted by Crippen LogP contribution is -2.30. The number of β-amino-alcohol motifs (C(OH)–C–C–N with tert-alkyl or cyclic N) is 1. The third-order valence-corrected chi connectivity index (χ3v) is 2.76. The molecule has 98 valence electrons. The van der Waals surface area contributed by atoms with Crippen molar-refractivity contribution in [3.8, 4) is 0 Å². The normalized spacial score (nSPS) is 20.2. The minimum atomic E-state index is -4.46. The first kappa shape index (κ1) is 12.8. The second kappa shape index (κ2) is 4.56. The molecule has 18 heavy (non-hydrogen) atoms. The van der Waals surface area contributed by atoms with Crippen molar-refractivity contribution in [1.82, 2.24) is 9.88 Å². The number of aliphatic hydroxyl groups excluding tert-OH is 1. The number of carbonyl (C=O) groups is 1. The summed E-state index contributed by atoms with van der Waals surface area (Å²) < 4.78 is 36.9. The molecular formula is C11H11F3N2O2. The summed E-state index contributed by atoms with van der Waals surface area (Å²) in [6, 6.07) is 1.88. The lowest BCUT2D eigenvalue weighted by Gasteiger charge is -2.15. The molecule has 1 fully saturated rings. The van der Waals surface area contributed by atoms with Crippen LogP contribution in [0.3, 0.4) is 0 Å². The van der Waals surface area contributed by atoms with E-state index >= 15 is 0 Å². The molecule has 1 unspecified atom stereocenters. The number of nitrogens with zero attached hydrogens (tertiary/aromatic N) is 2. The van der Waals surface area contributed by atoms with Crippen molar-refractivity contribution in [3.05, 3.63) is 29.6 Å². The SMILES string of the molecule is O=C(c1ccc(C(F)(F)F)cn1)N1CCC(O)C1. The molecule has 1 aromatic rings. The highest BCUT2D eigenvalue weighted by Crippen LogP contribution is 2.28. The van der Waals surface area contributed by atoms with Crippen LogP contribution in [0, 0.1) is 0 Å². The molecule has 0 radical (unpaired) electrons. The van der Waals surface area contributed by atoms with Gasteiger partial charge in [-0.05, 0) is 18.6 Å². The fourth-order valence-electron chi connectivity index (χ4n) is 1.78. The van der Waals surface area contributed by atoms with Gasteiger partial charge in [-0.1, -0.05) is 0 Å². The monoisotopic (exact) mass is 260 g/mol. The number of amides is 1. The molecule has 1 N–H and O–H groups in total. The second-order valence-electron chi connectivity index (χ2n) is 4.12. The highest BCUT2D eigenvalue weighted by atomic mass is 19.4. The smallest absolute Gasteiger partial charge is 0.391 e. The average molecular weight is 260 g/mol. The summed E-state index contributed by atoms with van der Waals surface area (Å²) in [5, 5.41) is 9.28. The molecule has 1 amide bonds. The molecule has 0 aromatic carbocycles. The van der Waals surface area contributed by atoms with Crippen LogP contribution >= 0.6 is 0 Å². The van der Waals surface area contributed by atoms with Gasteiger partial charge in [-0.2, -0.15) is 13.2 Å². The highest BCUT2D eigenvalue weighted by molar-refractivity contribution is 5.92. The molecule has 7 heteroatoms. The third-order valence-electron chi connectivity index (χ3n) is 2.76. The molecule has 1 saturated heterocycles. The van der Waals surface area contributed by atoms with Gasteiger partial charge in [0.25, 0.3) is 5.91 Å². The molecule has 1 aromatic heterocycles. The Morgan fingerprint density at radius 2 is 2.17 bits per heavy atom. The van der Waals surface area contributed by atoms with Crippen molar-refractivity contribution in [1.29, 1.82) is 0 Å². The van der Waals surface area contributed by atoms with Gasteiger partial charge >= 0.3 is 6.18 Å². The number of rotatable bonds is 1. The number of carbonyl (C=O) groups excluding carboxylic acids is 1. The number of halogens is 3. The fourth-order valence-corrected chi connectivity index (χ4v) is 1.78. The van der Waals surface area contributed by atoms with Crippen molar-refractivity contribution in [2.24, 2.45) is 0 Å². The van der Waals surface area contributed by atoms with E-state index in [0.717, 1.165) is 12.1 Å². The van der Waals surface area contributed by atoms with E-state index in [4.69, 9.17) is 0 Å². The average Bonchev–Trinajstić information content (AvgIpc) is 2.74. The summed E-state index contributed by atoms with van der Waals surface area (Å²) in [6.45, 7) is 0.588. The van der Waals surface area contributed by atoms with Crippen molar-refractivity contribution < 1.29 is 23.1 Å². The Morgan fingerprint density at radius 1 is 1.44 bits per heavy atom. The van der Waals surface area contributed by atoms with Crippen LogP contribution in [0.4, 0.5) is 13.2 Å². The zero-order valence-corrected chi connectivity index (χ0v) is 9.31.